The Morgan fingerprint density at radius 2 is 2.10 bits per heavy atom. The number of allylic oxidation sites excluding steroid dienone is 1. The van der Waals surface area contributed by atoms with E-state index < -0.39 is 0 Å². The largest absolute Gasteiger partial charge is 0.456 e. The number of carbonyl (C=O) groups is 1. The topological polar surface area (TPSA) is 135 Å². The molecule has 3 aromatic rings. The van der Waals surface area contributed by atoms with E-state index in [-0.39, 0.29) is 23.6 Å². The monoisotopic (exact) mass is 586 g/mol. The number of hydrogen-bond donors (Lipinski definition) is 3. The summed E-state index contributed by atoms with van der Waals surface area (Å²) in [6.45, 7) is 9.35. The number of likely N-dealkylation sites (N-methyl/N-ethyl adjacent to an activating group) is 1. The van der Waals surface area contributed by atoms with Crippen molar-refractivity contribution in [2.45, 2.75) is 45.2 Å². The fraction of sp³-hybridized carbons (Fsp3) is 0.355. The van der Waals surface area contributed by atoms with E-state index in [1.165, 1.54) is 4.88 Å². The van der Waals surface area contributed by atoms with Gasteiger partial charge in [-0.05, 0) is 68.6 Å². The molecule has 2 aromatic heterocycles. The van der Waals surface area contributed by atoms with Crippen molar-refractivity contribution in [3.8, 4) is 11.5 Å². The molecule has 10 nitrogen and oxygen atoms in total. The van der Waals surface area contributed by atoms with Crippen LogP contribution in [-0.4, -0.2) is 64.2 Å². The van der Waals surface area contributed by atoms with Gasteiger partial charge in [0.05, 0.1) is 11.7 Å². The lowest BCUT2D eigenvalue weighted by atomic mass is 10.1. The van der Waals surface area contributed by atoms with Gasteiger partial charge in [0.25, 0.3) is 0 Å². The molecule has 5 N–H and O–H groups in total. The number of rotatable bonds is 9. The smallest absolute Gasteiger partial charge is 0.246 e. The lowest BCUT2D eigenvalue weighted by Crippen LogP contribution is -2.41. The van der Waals surface area contributed by atoms with Gasteiger partial charge < -0.3 is 31.3 Å². The number of nitrogens with one attached hydrogen (secondary N) is 1. The lowest BCUT2D eigenvalue weighted by molar-refractivity contribution is -0.127. The third-order valence-corrected chi connectivity index (χ3v) is 8.40. The SMILES string of the molecule is C=C(Nc1nc2c(s1)CCN(C)C2)c1ccc(Oc2ccnc(N)c2C(N)=NC2CCCN(C(=O)/C=C/CC)C2)cc1. The zero-order chi connectivity index (χ0) is 29.6. The number of amidine groups is 1. The Morgan fingerprint density at radius 3 is 2.88 bits per heavy atom. The molecule has 1 fully saturated rings. The number of nitrogens with two attached hydrogens (primary N) is 2. The number of carbonyl (C=O) groups excluding carboxylic acids is 1. The van der Waals surface area contributed by atoms with Gasteiger partial charge >= 0.3 is 0 Å². The first-order chi connectivity index (χ1) is 20.3. The average molecular weight is 587 g/mol. The van der Waals surface area contributed by atoms with Crippen molar-refractivity contribution in [3.05, 3.63) is 77.0 Å². The summed E-state index contributed by atoms with van der Waals surface area (Å²) in [5.74, 6) is 1.54. The molecule has 1 amide bonds. The summed E-state index contributed by atoms with van der Waals surface area (Å²) in [6, 6.07) is 9.20. The first-order valence-electron chi connectivity index (χ1n) is 14.3. The molecule has 2 aliphatic rings. The number of thiazole rings is 1. The highest BCUT2D eigenvalue weighted by Crippen LogP contribution is 2.32. The van der Waals surface area contributed by atoms with Crippen LogP contribution < -0.4 is 21.5 Å². The van der Waals surface area contributed by atoms with Crippen molar-refractivity contribution in [3.63, 3.8) is 0 Å². The number of amides is 1. The minimum Gasteiger partial charge on any atom is -0.456 e. The van der Waals surface area contributed by atoms with Crippen LogP contribution in [0.5, 0.6) is 11.5 Å². The van der Waals surface area contributed by atoms with Gasteiger partial charge in [0.1, 0.15) is 28.7 Å². The van der Waals surface area contributed by atoms with Crippen molar-refractivity contribution in [2.75, 3.05) is 37.7 Å². The average Bonchev–Trinajstić information content (AvgIpc) is 3.37. The molecule has 42 heavy (non-hydrogen) atoms. The second-order valence-electron chi connectivity index (χ2n) is 10.6. The van der Waals surface area contributed by atoms with E-state index in [0.29, 0.717) is 30.2 Å². The molecule has 11 heteroatoms. The van der Waals surface area contributed by atoms with E-state index in [4.69, 9.17) is 26.2 Å². The summed E-state index contributed by atoms with van der Waals surface area (Å²) < 4.78 is 6.20. The number of nitrogen functional groups attached to an aromatic ring is 1. The van der Waals surface area contributed by atoms with Crippen LogP contribution in [0.2, 0.25) is 0 Å². The van der Waals surface area contributed by atoms with Crippen molar-refractivity contribution in [2.24, 2.45) is 10.7 Å². The van der Waals surface area contributed by atoms with Crippen LogP contribution in [0.25, 0.3) is 5.70 Å². The third kappa shape index (κ3) is 6.97. The van der Waals surface area contributed by atoms with Crippen LogP contribution in [0.1, 0.15) is 47.9 Å². The molecule has 5 rings (SSSR count). The summed E-state index contributed by atoms with van der Waals surface area (Å²) in [7, 11) is 2.11. The first kappa shape index (κ1) is 29.3. The third-order valence-electron chi connectivity index (χ3n) is 7.33. The number of ether oxygens (including phenoxy) is 1. The Bertz CT molecular complexity index is 1500. The molecular weight excluding hydrogens is 548 g/mol. The normalized spacial score (nSPS) is 17.7. The van der Waals surface area contributed by atoms with Gasteiger partial charge in [-0.2, -0.15) is 0 Å². The number of piperidine rings is 1. The summed E-state index contributed by atoms with van der Waals surface area (Å²) in [6.07, 6.45) is 8.60. The van der Waals surface area contributed by atoms with Gasteiger partial charge in [0.15, 0.2) is 5.13 Å². The maximum absolute atomic E-state index is 12.5. The maximum Gasteiger partial charge on any atom is 0.246 e. The minimum absolute atomic E-state index is 0.000156. The Hall–Kier alpha value is -4.22. The molecule has 1 saturated heterocycles. The van der Waals surface area contributed by atoms with Crippen LogP contribution in [0.3, 0.4) is 0 Å². The summed E-state index contributed by atoms with van der Waals surface area (Å²) in [5, 5.41) is 4.21. The standard InChI is InChI=1S/C31H38N8O2S/c1-4-5-8-27(40)39-16-6-7-22(18-39)36-30(33)28-25(13-15-34-29(28)32)41-23-11-9-21(10-12-23)20(2)35-31-37-24-19-38(3)17-14-26(24)42-31/h5,8-13,15,22H,2,4,6-7,14,16-19H2,1,3H3,(H2,32,34)(H2,33,36)(H,35,37)/b8-5+. The van der Waals surface area contributed by atoms with E-state index in [2.05, 4.69) is 28.8 Å². The lowest BCUT2D eigenvalue weighted by Gasteiger charge is -2.30. The zero-order valence-corrected chi connectivity index (χ0v) is 25.0. The number of hydrogen-bond acceptors (Lipinski definition) is 9. The molecule has 0 spiro atoms. The van der Waals surface area contributed by atoms with Crippen molar-refractivity contribution >= 4 is 39.7 Å². The first-order valence-corrected chi connectivity index (χ1v) is 15.1. The number of aliphatic imine (C=N–C) groups is 1. The van der Waals surface area contributed by atoms with Crippen LogP contribution >= 0.6 is 11.3 Å². The van der Waals surface area contributed by atoms with E-state index in [1.54, 1.807) is 29.7 Å². The fourth-order valence-electron chi connectivity index (χ4n) is 5.08. The van der Waals surface area contributed by atoms with Gasteiger partial charge in [-0.1, -0.05) is 19.6 Å². The van der Waals surface area contributed by atoms with Gasteiger partial charge in [-0.15, -0.1) is 11.3 Å². The number of aromatic nitrogens is 2. The molecule has 1 atom stereocenters. The second kappa shape index (κ2) is 13.2. The number of benzene rings is 1. The molecule has 0 aliphatic carbocycles. The highest BCUT2D eigenvalue weighted by molar-refractivity contribution is 7.15. The van der Waals surface area contributed by atoms with Gasteiger partial charge in [0.2, 0.25) is 5.91 Å². The second-order valence-corrected chi connectivity index (χ2v) is 11.7. The van der Waals surface area contributed by atoms with E-state index in [1.807, 2.05) is 42.2 Å². The summed E-state index contributed by atoms with van der Waals surface area (Å²) >= 11 is 1.69. The van der Waals surface area contributed by atoms with E-state index in [9.17, 15) is 4.79 Å². The van der Waals surface area contributed by atoms with Crippen molar-refractivity contribution < 1.29 is 9.53 Å². The van der Waals surface area contributed by atoms with Gasteiger partial charge in [-0.3, -0.25) is 9.79 Å². The van der Waals surface area contributed by atoms with Gasteiger partial charge in [0, 0.05) is 49.0 Å². The predicted octanol–water partition coefficient (Wildman–Crippen LogP) is 4.65. The summed E-state index contributed by atoms with van der Waals surface area (Å²) in [5.41, 5.74) is 16.0. The van der Waals surface area contributed by atoms with Crippen molar-refractivity contribution in [1.82, 2.24) is 19.8 Å². The zero-order valence-electron chi connectivity index (χ0n) is 24.2. The number of pyridine rings is 1. The predicted molar refractivity (Wildman–Crippen MR) is 170 cm³/mol. The molecule has 220 valence electrons. The van der Waals surface area contributed by atoms with Crippen molar-refractivity contribution in [1.29, 1.82) is 0 Å². The molecule has 4 heterocycles. The Morgan fingerprint density at radius 1 is 1.29 bits per heavy atom. The number of likely N-dealkylation sites (tertiary alicyclic amines) is 1. The fourth-order valence-corrected chi connectivity index (χ4v) is 6.07. The van der Waals surface area contributed by atoms with E-state index >= 15 is 0 Å². The molecule has 1 aromatic carbocycles. The number of fused-ring (bicyclic) bond motifs is 1. The maximum atomic E-state index is 12.5. The quantitative estimate of drug-likeness (QED) is 0.187. The number of anilines is 2. The highest BCUT2D eigenvalue weighted by atomic mass is 32.1. The molecule has 0 saturated carbocycles. The van der Waals surface area contributed by atoms with Crippen LogP contribution in [0, 0.1) is 0 Å². The van der Waals surface area contributed by atoms with Crippen LogP contribution in [-0.2, 0) is 17.8 Å². The number of nitrogens with zero attached hydrogens (tertiary/aromatic N) is 5. The Kier molecular flexibility index (Phi) is 9.19. The van der Waals surface area contributed by atoms with E-state index in [0.717, 1.165) is 60.9 Å². The van der Waals surface area contributed by atoms with Gasteiger partial charge in [-0.25, -0.2) is 9.97 Å². The molecular formula is C31H38N8O2S. The van der Waals surface area contributed by atoms with Crippen LogP contribution in [0.15, 0.2) is 60.3 Å². The minimum atomic E-state index is -0.132. The Labute approximate surface area is 250 Å². The molecule has 1 unspecified atom stereocenters. The Balaban J connectivity index is 1.26. The molecule has 2 aliphatic heterocycles. The summed E-state index contributed by atoms with van der Waals surface area (Å²) in [4.78, 5) is 31.6. The molecule has 0 radical (unpaired) electrons. The highest BCUT2D eigenvalue weighted by Gasteiger charge is 2.24. The molecule has 0 bridgehead atoms. The van der Waals surface area contributed by atoms with Crippen LogP contribution in [0.4, 0.5) is 10.9 Å².